The van der Waals surface area contributed by atoms with E-state index in [1.807, 2.05) is 37.3 Å². The van der Waals surface area contributed by atoms with Crippen molar-refractivity contribution in [2.45, 2.75) is 32.1 Å². The normalized spacial score (nSPS) is 41.8. The van der Waals surface area contributed by atoms with Gasteiger partial charge in [0, 0.05) is 17.0 Å². The van der Waals surface area contributed by atoms with Crippen LogP contribution in [0.4, 0.5) is 5.69 Å². The molecule has 0 bridgehead atoms. The first kappa shape index (κ1) is 15.2. The summed E-state index contributed by atoms with van der Waals surface area (Å²) in [5.74, 6) is 0.124. The van der Waals surface area contributed by atoms with Gasteiger partial charge in [-0.05, 0) is 37.3 Å². The van der Waals surface area contributed by atoms with Gasteiger partial charge in [-0.3, -0.25) is 4.79 Å². The van der Waals surface area contributed by atoms with Crippen LogP contribution in [0.3, 0.4) is 0 Å². The van der Waals surface area contributed by atoms with Gasteiger partial charge in [-0.2, -0.15) is 5.26 Å². The van der Waals surface area contributed by atoms with Crippen molar-refractivity contribution < 1.29 is 4.79 Å². The van der Waals surface area contributed by atoms with Crippen LogP contribution in [-0.2, 0) is 10.2 Å². The number of anilines is 1. The quantitative estimate of drug-likeness (QED) is 0.831. The van der Waals surface area contributed by atoms with Crippen LogP contribution in [0, 0.1) is 34.0 Å². The molecule has 3 aliphatic rings. The molecule has 3 nitrogen and oxygen atoms in total. The predicted molar refractivity (Wildman–Crippen MR) is 94.1 cm³/mol. The number of allylic oxidation sites excluding steroid dienone is 2. The van der Waals surface area contributed by atoms with Gasteiger partial charge in [0.25, 0.3) is 0 Å². The third-order valence-electron chi connectivity index (χ3n) is 6.97. The minimum absolute atomic E-state index is 0.0310. The van der Waals surface area contributed by atoms with Crippen LogP contribution >= 0.6 is 0 Å². The third-order valence-corrected chi connectivity index (χ3v) is 6.97. The van der Waals surface area contributed by atoms with E-state index >= 15 is 0 Å². The fraction of sp³-hybridized carbons (Fsp3) is 0.429. The summed E-state index contributed by atoms with van der Waals surface area (Å²) in [7, 11) is 0. The number of carbonyl (C=O) groups excluding carboxylic acids is 1. The molecule has 24 heavy (non-hydrogen) atoms. The lowest BCUT2D eigenvalue weighted by molar-refractivity contribution is -0.119. The number of para-hydroxylation sites is 1. The van der Waals surface area contributed by atoms with Crippen molar-refractivity contribution in [3.63, 3.8) is 0 Å². The second-order valence-corrected chi connectivity index (χ2v) is 7.82. The Kier molecular flexibility index (Phi) is 2.78. The molecule has 0 saturated heterocycles. The Bertz CT molecular complexity index is 834. The molecule has 2 saturated carbocycles. The lowest BCUT2D eigenvalue weighted by Crippen LogP contribution is -2.38. The number of carbonyl (C=O) groups is 1. The molecule has 1 aliphatic heterocycles. The fourth-order valence-corrected chi connectivity index (χ4v) is 5.79. The standard InChI is InChI=1S/C21H22N2O/c1-5-19(4)11-10-14(13(2)3)17-20(19,12-22)21(17)15-8-6-7-9-16(15)23-18(21)24/h5-9,14,17H,1-2,10-11H2,3-4H3,(H,23,24)/t14-,17-,19+,20-,21+/m0/s1. The molecule has 5 atom stereocenters. The molecule has 3 heteroatoms. The first-order valence-electron chi connectivity index (χ1n) is 8.52. The van der Waals surface area contributed by atoms with Crippen LogP contribution in [-0.4, -0.2) is 5.91 Å². The number of hydrogen-bond acceptors (Lipinski definition) is 2. The molecular weight excluding hydrogens is 296 g/mol. The minimum atomic E-state index is -0.776. The monoisotopic (exact) mass is 318 g/mol. The number of amides is 1. The number of hydrogen-bond donors (Lipinski definition) is 1. The first-order valence-corrected chi connectivity index (χ1v) is 8.52. The van der Waals surface area contributed by atoms with Gasteiger partial charge < -0.3 is 5.32 Å². The summed E-state index contributed by atoms with van der Waals surface area (Å²) in [6.45, 7) is 12.3. The largest absolute Gasteiger partial charge is 0.325 e. The maximum Gasteiger partial charge on any atom is 0.237 e. The third kappa shape index (κ3) is 1.30. The van der Waals surface area contributed by atoms with Crippen LogP contribution in [0.5, 0.6) is 0 Å². The summed E-state index contributed by atoms with van der Waals surface area (Å²) in [4.78, 5) is 13.2. The molecule has 122 valence electrons. The Labute approximate surface area is 143 Å². The van der Waals surface area contributed by atoms with E-state index < -0.39 is 10.8 Å². The highest BCUT2D eigenvalue weighted by Gasteiger charge is 2.90. The number of rotatable bonds is 2. The molecule has 2 aliphatic carbocycles. The van der Waals surface area contributed by atoms with Crippen molar-refractivity contribution in [2.75, 3.05) is 5.32 Å². The highest BCUT2D eigenvalue weighted by atomic mass is 16.2. The zero-order valence-electron chi connectivity index (χ0n) is 14.2. The molecular formula is C21H22N2O. The van der Waals surface area contributed by atoms with Gasteiger partial charge in [0.05, 0.1) is 11.5 Å². The van der Waals surface area contributed by atoms with E-state index in [0.29, 0.717) is 0 Å². The molecule has 1 N–H and O–H groups in total. The summed E-state index contributed by atoms with van der Waals surface area (Å²) in [6.07, 6.45) is 3.71. The van der Waals surface area contributed by atoms with Crippen LogP contribution in [0.2, 0.25) is 0 Å². The highest BCUT2D eigenvalue weighted by molar-refractivity contribution is 6.11. The van der Waals surface area contributed by atoms with Crippen molar-refractivity contribution >= 4 is 11.6 Å². The predicted octanol–water partition coefficient (Wildman–Crippen LogP) is 4.19. The van der Waals surface area contributed by atoms with E-state index in [1.54, 1.807) is 0 Å². The lowest BCUT2D eigenvalue weighted by Gasteiger charge is -2.39. The molecule has 0 unspecified atom stereocenters. The van der Waals surface area contributed by atoms with Crippen molar-refractivity contribution in [1.29, 1.82) is 5.26 Å². The average molecular weight is 318 g/mol. The molecule has 0 aromatic heterocycles. The second kappa shape index (κ2) is 4.39. The van der Waals surface area contributed by atoms with Crippen molar-refractivity contribution in [3.8, 4) is 6.07 Å². The van der Waals surface area contributed by atoms with Gasteiger partial charge in [0.2, 0.25) is 5.91 Å². The van der Waals surface area contributed by atoms with Crippen LogP contribution in [0.25, 0.3) is 0 Å². The number of nitrogens with zero attached hydrogens (tertiary/aromatic N) is 1. The summed E-state index contributed by atoms with van der Waals surface area (Å²) in [6, 6.07) is 10.4. The highest BCUT2D eigenvalue weighted by Crippen LogP contribution is 2.84. The number of fused-ring (bicyclic) bond motifs is 5. The van der Waals surface area contributed by atoms with Crippen LogP contribution < -0.4 is 5.32 Å². The summed E-state index contributed by atoms with van der Waals surface area (Å²) in [5, 5.41) is 13.4. The van der Waals surface area contributed by atoms with E-state index in [0.717, 1.165) is 29.7 Å². The van der Waals surface area contributed by atoms with E-state index in [2.05, 4.69) is 31.5 Å². The molecule has 1 spiro atoms. The molecule has 4 rings (SSSR count). The van der Waals surface area contributed by atoms with Gasteiger partial charge in [0.1, 0.15) is 5.41 Å². The van der Waals surface area contributed by atoms with E-state index in [-0.39, 0.29) is 23.2 Å². The Morgan fingerprint density at radius 3 is 2.79 bits per heavy atom. The van der Waals surface area contributed by atoms with Crippen LogP contribution in [0.15, 0.2) is 49.1 Å². The minimum Gasteiger partial charge on any atom is -0.325 e. The van der Waals surface area contributed by atoms with E-state index in [1.165, 1.54) is 0 Å². The number of nitrogens with one attached hydrogen (secondary N) is 1. The zero-order chi connectivity index (χ0) is 17.3. The Morgan fingerprint density at radius 1 is 1.46 bits per heavy atom. The second-order valence-electron chi connectivity index (χ2n) is 7.82. The van der Waals surface area contributed by atoms with Crippen molar-refractivity contribution in [2.24, 2.45) is 22.7 Å². The first-order chi connectivity index (χ1) is 11.4. The van der Waals surface area contributed by atoms with Crippen molar-refractivity contribution in [3.05, 3.63) is 54.6 Å². The van der Waals surface area contributed by atoms with Gasteiger partial charge in [0.15, 0.2) is 0 Å². The van der Waals surface area contributed by atoms with E-state index in [9.17, 15) is 10.1 Å². The fourth-order valence-electron chi connectivity index (χ4n) is 5.79. The number of nitriles is 1. The van der Waals surface area contributed by atoms with Gasteiger partial charge in [-0.15, -0.1) is 6.58 Å². The van der Waals surface area contributed by atoms with E-state index in [4.69, 9.17) is 0 Å². The average Bonchev–Trinajstić information content (AvgIpc) is 3.11. The van der Waals surface area contributed by atoms with Gasteiger partial charge in [-0.1, -0.05) is 43.4 Å². The molecule has 1 aromatic rings. The smallest absolute Gasteiger partial charge is 0.237 e. The molecule has 1 aromatic carbocycles. The summed E-state index contributed by atoms with van der Waals surface area (Å²) < 4.78 is 0. The Balaban J connectivity index is 2.03. The van der Waals surface area contributed by atoms with Gasteiger partial charge in [-0.25, -0.2) is 0 Å². The topological polar surface area (TPSA) is 52.9 Å². The molecule has 1 amide bonds. The summed E-state index contributed by atoms with van der Waals surface area (Å²) >= 11 is 0. The van der Waals surface area contributed by atoms with Gasteiger partial charge >= 0.3 is 0 Å². The molecule has 2 fully saturated rings. The maximum atomic E-state index is 13.2. The number of benzene rings is 1. The Hall–Kier alpha value is -2.34. The van der Waals surface area contributed by atoms with Crippen LogP contribution in [0.1, 0.15) is 32.3 Å². The summed E-state index contributed by atoms with van der Waals surface area (Å²) in [5.41, 5.74) is 0.982. The lowest BCUT2D eigenvalue weighted by atomic mass is 9.62. The Morgan fingerprint density at radius 2 is 2.17 bits per heavy atom. The molecule has 0 radical (unpaired) electrons. The SMILES string of the molecule is C=C[C@]1(C)CC[C@@H](C(=C)C)[C@H]2[C@]1(C#N)[C@@]21C(=O)Nc2ccccc21. The molecule has 1 heterocycles. The zero-order valence-corrected chi connectivity index (χ0v) is 14.2. The maximum absolute atomic E-state index is 13.2. The van der Waals surface area contributed by atoms with Crippen molar-refractivity contribution in [1.82, 2.24) is 0 Å².